The summed E-state index contributed by atoms with van der Waals surface area (Å²) in [6.07, 6.45) is 0.700. The number of carboxylic acid groups (broad SMARTS) is 1. The number of hydrogen-bond acceptors (Lipinski definition) is 3. The number of benzene rings is 1. The van der Waals surface area contributed by atoms with Crippen molar-refractivity contribution in [2.45, 2.75) is 19.9 Å². The number of carboxylic acids is 1. The van der Waals surface area contributed by atoms with Crippen LogP contribution in [-0.2, 0) is 13.0 Å². The van der Waals surface area contributed by atoms with E-state index in [1.807, 2.05) is 36.1 Å². The number of fused-ring (bicyclic) bond motifs is 1. The number of rotatable bonds is 2. The van der Waals surface area contributed by atoms with Crippen molar-refractivity contribution in [2.75, 3.05) is 11.9 Å². The smallest absolute Gasteiger partial charge is 0.356 e. The molecular weight excluding hydrogens is 300 g/mol. The Balaban J connectivity index is 1.77. The molecule has 0 spiro atoms. The molecule has 1 aromatic carbocycles. The number of nitrogens with zero attached hydrogens (tertiary/aromatic N) is 2. The predicted octanol–water partition coefficient (Wildman–Crippen LogP) is 2.17. The van der Waals surface area contributed by atoms with Gasteiger partial charge in [-0.05, 0) is 30.8 Å². The molecule has 0 atom stereocenters. The summed E-state index contributed by atoms with van der Waals surface area (Å²) in [5.41, 5.74) is 3.75. The van der Waals surface area contributed by atoms with Crippen LogP contribution in [-0.4, -0.2) is 37.8 Å². The van der Waals surface area contributed by atoms with Crippen molar-refractivity contribution < 1.29 is 9.90 Å². The number of H-pyrrole nitrogens is 1. The molecule has 3 rings (SSSR count). The van der Waals surface area contributed by atoms with Gasteiger partial charge in [-0.25, -0.2) is 4.79 Å². The Bertz CT molecular complexity index is 741. The molecule has 114 valence electrons. The zero-order valence-corrected chi connectivity index (χ0v) is 12.9. The van der Waals surface area contributed by atoms with E-state index in [4.69, 9.17) is 12.2 Å². The number of aryl methyl sites for hydroxylation is 1. The third kappa shape index (κ3) is 2.67. The number of aromatic amines is 1. The van der Waals surface area contributed by atoms with Gasteiger partial charge in [0.2, 0.25) is 0 Å². The number of carbonyl (C=O) groups is 1. The molecule has 1 aromatic heterocycles. The first kappa shape index (κ1) is 14.5. The van der Waals surface area contributed by atoms with Crippen LogP contribution in [0.2, 0.25) is 0 Å². The Kier molecular flexibility index (Phi) is 3.81. The van der Waals surface area contributed by atoms with Crippen LogP contribution in [0, 0.1) is 6.92 Å². The fourth-order valence-electron chi connectivity index (χ4n) is 2.55. The molecular formula is C15H16N4O2S. The fourth-order valence-corrected chi connectivity index (χ4v) is 2.82. The van der Waals surface area contributed by atoms with Gasteiger partial charge in [-0.2, -0.15) is 5.10 Å². The van der Waals surface area contributed by atoms with Gasteiger partial charge < -0.3 is 15.3 Å². The van der Waals surface area contributed by atoms with Gasteiger partial charge in [0.1, 0.15) is 0 Å². The number of nitrogens with one attached hydrogen (secondary N) is 2. The normalized spacial score (nSPS) is 13.6. The van der Waals surface area contributed by atoms with E-state index in [0.29, 0.717) is 23.6 Å². The van der Waals surface area contributed by atoms with Crippen molar-refractivity contribution in [1.29, 1.82) is 0 Å². The molecule has 0 saturated heterocycles. The molecule has 0 unspecified atom stereocenters. The summed E-state index contributed by atoms with van der Waals surface area (Å²) < 4.78 is 0. The van der Waals surface area contributed by atoms with E-state index in [1.54, 1.807) is 0 Å². The minimum Gasteiger partial charge on any atom is -0.476 e. The summed E-state index contributed by atoms with van der Waals surface area (Å²) in [7, 11) is 0. The maximum Gasteiger partial charge on any atom is 0.356 e. The maximum absolute atomic E-state index is 11.2. The number of hydrogen-bond donors (Lipinski definition) is 3. The molecule has 0 radical (unpaired) electrons. The van der Waals surface area contributed by atoms with Crippen molar-refractivity contribution >= 4 is 29.0 Å². The number of thiocarbonyl (C=S) groups is 1. The van der Waals surface area contributed by atoms with Gasteiger partial charge in [-0.1, -0.05) is 18.2 Å². The van der Waals surface area contributed by atoms with Gasteiger partial charge in [0.25, 0.3) is 0 Å². The third-order valence-electron chi connectivity index (χ3n) is 3.81. The molecule has 1 aliphatic heterocycles. The van der Waals surface area contributed by atoms with Crippen molar-refractivity contribution in [3.63, 3.8) is 0 Å². The molecule has 0 aliphatic carbocycles. The SMILES string of the molecule is Cc1ccccc1NC(=S)N1CCc2[nH]nc(C(=O)O)c2C1. The zero-order valence-electron chi connectivity index (χ0n) is 12.1. The van der Waals surface area contributed by atoms with Crippen LogP contribution < -0.4 is 5.32 Å². The van der Waals surface area contributed by atoms with Crippen LogP contribution in [0.5, 0.6) is 0 Å². The van der Waals surface area contributed by atoms with E-state index >= 15 is 0 Å². The number of para-hydroxylation sites is 1. The second kappa shape index (κ2) is 5.76. The van der Waals surface area contributed by atoms with Crippen LogP contribution in [0.1, 0.15) is 27.3 Å². The maximum atomic E-state index is 11.2. The molecule has 0 fully saturated rings. The van der Waals surface area contributed by atoms with Gasteiger partial charge in [-0.3, -0.25) is 5.10 Å². The highest BCUT2D eigenvalue weighted by Crippen LogP contribution is 2.22. The van der Waals surface area contributed by atoms with E-state index in [9.17, 15) is 9.90 Å². The highest BCUT2D eigenvalue weighted by atomic mass is 32.1. The van der Waals surface area contributed by atoms with Crippen molar-refractivity contribution in [3.8, 4) is 0 Å². The summed E-state index contributed by atoms with van der Waals surface area (Å²) in [5.74, 6) is -1.02. The molecule has 2 heterocycles. The highest BCUT2D eigenvalue weighted by molar-refractivity contribution is 7.80. The van der Waals surface area contributed by atoms with Crippen molar-refractivity contribution in [3.05, 3.63) is 46.8 Å². The fraction of sp³-hybridized carbons (Fsp3) is 0.267. The first-order valence-corrected chi connectivity index (χ1v) is 7.38. The number of aromatic nitrogens is 2. The molecule has 0 saturated carbocycles. The average Bonchev–Trinajstić information content (AvgIpc) is 2.92. The Hall–Kier alpha value is -2.41. The predicted molar refractivity (Wildman–Crippen MR) is 87.1 cm³/mol. The van der Waals surface area contributed by atoms with E-state index in [2.05, 4.69) is 15.5 Å². The van der Waals surface area contributed by atoms with Crippen LogP contribution in [0.4, 0.5) is 5.69 Å². The lowest BCUT2D eigenvalue weighted by Crippen LogP contribution is -2.39. The quantitative estimate of drug-likeness (QED) is 0.737. The monoisotopic (exact) mass is 316 g/mol. The molecule has 0 amide bonds. The molecule has 6 nitrogen and oxygen atoms in total. The van der Waals surface area contributed by atoms with Gasteiger partial charge in [0.05, 0.1) is 0 Å². The van der Waals surface area contributed by atoms with Crippen molar-refractivity contribution in [2.24, 2.45) is 0 Å². The first-order valence-electron chi connectivity index (χ1n) is 6.97. The lowest BCUT2D eigenvalue weighted by Gasteiger charge is -2.29. The lowest BCUT2D eigenvalue weighted by atomic mass is 10.1. The minimum absolute atomic E-state index is 0.0818. The van der Waals surface area contributed by atoms with Gasteiger partial charge in [0.15, 0.2) is 10.8 Å². The third-order valence-corrected chi connectivity index (χ3v) is 4.17. The van der Waals surface area contributed by atoms with E-state index < -0.39 is 5.97 Å². The number of aromatic carboxylic acids is 1. The summed E-state index contributed by atoms with van der Waals surface area (Å²) >= 11 is 5.46. The van der Waals surface area contributed by atoms with Crippen molar-refractivity contribution in [1.82, 2.24) is 15.1 Å². The molecule has 3 N–H and O–H groups in total. The Morgan fingerprint density at radius 3 is 2.95 bits per heavy atom. The summed E-state index contributed by atoms with van der Waals surface area (Å²) in [6, 6.07) is 7.90. The van der Waals surface area contributed by atoms with Crippen LogP contribution in [0.3, 0.4) is 0 Å². The molecule has 2 aromatic rings. The lowest BCUT2D eigenvalue weighted by molar-refractivity contribution is 0.0688. The standard InChI is InChI=1S/C15H16N4O2S/c1-9-4-2-3-5-11(9)16-15(22)19-7-6-12-10(8-19)13(14(20)21)18-17-12/h2-5H,6-8H2,1H3,(H,16,22)(H,17,18)(H,20,21). The Morgan fingerprint density at radius 1 is 1.45 bits per heavy atom. The van der Waals surface area contributed by atoms with Crippen LogP contribution in [0.25, 0.3) is 0 Å². The molecule has 22 heavy (non-hydrogen) atoms. The van der Waals surface area contributed by atoms with E-state index in [0.717, 1.165) is 23.5 Å². The van der Waals surface area contributed by atoms with E-state index in [-0.39, 0.29) is 5.69 Å². The average molecular weight is 316 g/mol. The van der Waals surface area contributed by atoms with Gasteiger partial charge in [-0.15, -0.1) is 0 Å². The summed E-state index contributed by atoms with van der Waals surface area (Å²) in [6.45, 7) is 3.19. The molecule has 1 aliphatic rings. The Labute approximate surface area is 133 Å². The largest absolute Gasteiger partial charge is 0.476 e. The second-order valence-electron chi connectivity index (χ2n) is 5.25. The number of anilines is 1. The van der Waals surface area contributed by atoms with E-state index in [1.165, 1.54) is 0 Å². The van der Waals surface area contributed by atoms with Gasteiger partial charge >= 0.3 is 5.97 Å². The molecule has 0 bridgehead atoms. The molecule has 7 heteroatoms. The highest BCUT2D eigenvalue weighted by Gasteiger charge is 2.26. The first-order chi connectivity index (χ1) is 10.6. The zero-order chi connectivity index (χ0) is 15.7. The summed E-state index contributed by atoms with van der Waals surface area (Å²) in [4.78, 5) is 13.2. The topological polar surface area (TPSA) is 81.2 Å². The van der Waals surface area contributed by atoms with Gasteiger partial charge in [0, 0.05) is 36.5 Å². The summed E-state index contributed by atoms with van der Waals surface area (Å²) in [5, 5.41) is 19.7. The van der Waals surface area contributed by atoms with Crippen LogP contribution in [0.15, 0.2) is 24.3 Å². The second-order valence-corrected chi connectivity index (χ2v) is 5.64. The minimum atomic E-state index is -1.02. The Morgan fingerprint density at radius 2 is 2.23 bits per heavy atom. The van der Waals surface area contributed by atoms with Crippen LogP contribution >= 0.6 is 12.2 Å².